The van der Waals surface area contributed by atoms with E-state index in [2.05, 4.69) is 78.5 Å². The molecular formula is C48H69BrN6O13S3. The molecule has 0 amide bonds. The molecule has 0 saturated heterocycles. The molecule has 19 nitrogen and oxygen atoms in total. The first-order valence-electron chi connectivity index (χ1n) is 23.4. The molecule has 0 unspecified atom stereocenters. The lowest BCUT2D eigenvalue weighted by Gasteiger charge is -2.18. The Morgan fingerprint density at radius 2 is 1.15 bits per heavy atom. The molecule has 394 valence electrons. The van der Waals surface area contributed by atoms with Gasteiger partial charge in [0.2, 0.25) is 5.88 Å². The van der Waals surface area contributed by atoms with E-state index in [1.807, 2.05) is 19.1 Å². The number of aryl methyl sites for hydroxylation is 1. The van der Waals surface area contributed by atoms with Crippen molar-refractivity contribution in [2.45, 2.75) is 138 Å². The molecular weight excluding hydrogens is 1040 g/mol. The van der Waals surface area contributed by atoms with Gasteiger partial charge in [0.15, 0.2) is 32.6 Å². The predicted molar refractivity (Wildman–Crippen MR) is 279 cm³/mol. The third-order valence-electron chi connectivity index (χ3n) is 11.9. The van der Waals surface area contributed by atoms with Crippen LogP contribution in [0.3, 0.4) is 0 Å². The standard InChI is InChI=1S/C18H20N2O3S.C10H16O4.C9H12N2O2S.C5H9Br.C5H8O4.CH4N2S/c1-11-6-8-12(9-7-11)14(21)10-24-18-19-16(22)15(17(23)20-18)13-4-2-3-5-13;1-13-9(11)8(10(12)14-2)7-5-3-4-6-7;12-7-6(5-3-1-2-4-5)8(13)11-9(14)10-7;6-5-3-1-2-4-5;1-8-4(6)3-5(7)9-2;2-1(3)4/h6-9,13H,2-5,10H2,1H3,(H2,19,20,22,23);7-8H,3-6H2,1-2H3;5H,1-4H2,(H3,10,11,12,13,14);5H,1-4H2;3H2,1-2H3;(H4,2,3,4). The van der Waals surface area contributed by atoms with E-state index in [4.69, 9.17) is 12.2 Å². The minimum Gasteiger partial charge on any atom is -0.494 e. The lowest BCUT2D eigenvalue weighted by atomic mass is 9.91. The monoisotopic (exact) mass is 1110 g/mol. The minimum atomic E-state index is -0.715. The van der Waals surface area contributed by atoms with Crippen LogP contribution in [0, 0.1) is 23.5 Å². The molecule has 0 aliphatic heterocycles. The third-order valence-corrected chi connectivity index (χ3v) is 13.9. The number of nitrogens with one attached hydrogen (secondary N) is 3. The maximum Gasteiger partial charge on any atom is 0.320 e. The van der Waals surface area contributed by atoms with Gasteiger partial charge in [0.25, 0.3) is 11.1 Å². The highest BCUT2D eigenvalue weighted by Crippen LogP contribution is 2.37. The number of Topliss-reactive ketones (excluding diaryl/α,β-unsaturated/α-hetero) is 1. The number of methoxy groups -OCH3 is 4. The van der Waals surface area contributed by atoms with Gasteiger partial charge in [-0.3, -0.25) is 38.5 Å². The number of nitrogens with zero attached hydrogens (tertiary/aromatic N) is 1. The molecule has 4 aliphatic rings. The fraction of sp³-hybridized carbons (Fsp3) is 0.583. The van der Waals surface area contributed by atoms with Gasteiger partial charge in [-0.05, 0) is 100 Å². The third kappa shape index (κ3) is 22.9. The van der Waals surface area contributed by atoms with E-state index in [0.717, 1.165) is 99.2 Å². The Kier molecular flexibility index (Phi) is 29.3. The number of esters is 4. The van der Waals surface area contributed by atoms with Crippen molar-refractivity contribution >= 4 is 86.9 Å². The number of carbonyl (C=O) groups excluding carboxylic acids is 5. The fourth-order valence-corrected chi connectivity index (χ4v) is 9.89. The highest BCUT2D eigenvalue weighted by atomic mass is 79.9. The van der Waals surface area contributed by atoms with Crippen LogP contribution in [0.4, 0.5) is 0 Å². The van der Waals surface area contributed by atoms with Crippen LogP contribution in [-0.4, -0.2) is 104 Å². The summed E-state index contributed by atoms with van der Waals surface area (Å²) in [6, 6.07) is 7.35. The van der Waals surface area contributed by atoms with Crippen molar-refractivity contribution in [3.63, 3.8) is 0 Å². The second kappa shape index (κ2) is 33.5. The maximum absolute atomic E-state index is 12.2. The number of ketones is 1. The molecule has 4 fully saturated rings. The predicted octanol–water partition coefficient (Wildman–Crippen LogP) is 7.59. The summed E-state index contributed by atoms with van der Waals surface area (Å²) in [6.07, 6.45) is 17.5. The molecule has 1 aromatic carbocycles. The Bertz CT molecular complexity index is 2320. The van der Waals surface area contributed by atoms with E-state index < -0.39 is 29.8 Å². The highest BCUT2D eigenvalue weighted by Gasteiger charge is 2.38. The molecule has 7 rings (SSSR count). The molecule has 4 saturated carbocycles. The van der Waals surface area contributed by atoms with Gasteiger partial charge in [-0.15, -0.1) is 0 Å². The first-order valence-corrected chi connectivity index (χ1v) is 26.1. The van der Waals surface area contributed by atoms with Crippen molar-refractivity contribution in [1.29, 1.82) is 0 Å². The number of aromatic hydroxyl groups is 2. The van der Waals surface area contributed by atoms with Crippen LogP contribution in [0.25, 0.3) is 0 Å². The molecule has 71 heavy (non-hydrogen) atoms. The van der Waals surface area contributed by atoms with Gasteiger partial charge < -0.3 is 50.6 Å². The van der Waals surface area contributed by atoms with Gasteiger partial charge >= 0.3 is 23.9 Å². The normalized spacial score (nSPS) is 15.4. The Labute approximate surface area is 436 Å². The van der Waals surface area contributed by atoms with Gasteiger partial charge in [-0.2, -0.15) is 4.98 Å². The summed E-state index contributed by atoms with van der Waals surface area (Å²) in [5, 5.41) is 20.0. The Balaban J connectivity index is 0.000000319. The van der Waals surface area contributed by atoms with E-state index >= 15 is 0 Å². The number of aromatic amines is 3. The van der Waals surface area contributed by atoms with Gasteiger partial charge in [-0.1, -0.05) is 109 Å². The average Bonchev–Trinajstić information content (AvgIpc) is 4.20. The molecule has 2 aromatic heterocycles. The molecule has 4 aliphatic carbocycles. The number of alkyl halides is 1. The van der Waals surface area contributed by atoms with Crippen molar-refractivity contribution < 1.29 is 53.1 Å². The summed E-state index contributed by atoms with van der Waals surface area (Å²) in [6.45, 7) is 1.96. The van der Waals surface area contributed by atoms with E-state index in [-0.39, 0.29) is 73.6 Å². The van der Waals surface area contributed by atoms with Gasteiger partial charge in [-0.25, -0.2) is 0 Å². The van der Waals surface area contributed by atoms with E-state index in [1.54, 1.807) is 12.1 Å². The Morgan fingerprint density at radius 1 is 0.718 bits per heavy atom. The van der Waals surface area contributed by atoms with Crippen LogP contribution in [0.1, 0.15) is 148 Å². The lowest BCUT2D eigenvalue weighted by molar-refractivity contribution is -0.161. The fourth-order valence-electron chi connectivity index (χ4n) is 8.30. The van der Waals surface area contributed by atoms with Crippen LogP contribution in [0.5, 0.6) is 11.8 Å². The number of thioether (sulfide) groups is 1. The van der Waals surface area contributed by atoms with Crippen LogP contribution in [0.2, 0.25) is 0 Å². The highest BCUT2D eigenvalue weighted by molar-refractivity contribution is 9.09. The second-order valence-corrected chi connectivity index (χ2v) is 20.1. The Hall–Kier alpha value is -5.13. The second-order valence-electron chi connectivity index (χ2n) is 17.0. The van der Waals surface area contributed by atoms with Crippen molar-refractivity contribution in [3.05, 3.63) is 72.0 Å². The summed E-state index contributed by atoms with van der Waals surface area (Å²) in [5.74, 6) is -2.57. The smallest absolute Gasteiger partial charge is 0.320 e. The summed E-state index contributed by atoms with van der Waals surface area (Å²) >= 11 is 13.5. The topological polar surface area (TPSA) is 309 Å². The van der Waals surface area contributed by atoms with Gasteiger partial charge in [0, 0.05) is 10.4 Å². The zero-order chi connectivity index (χ0) is 53.0. The molecule has 0 spiro atoms. The van der Waals surface area contributed by atoms with Crippen LogP contribution in [-0.2, 0) is 38.1 Å². The first kappa shape index (κ1) is 62.0. The maximum atomic E-state index is 12.2. The minimum absolute atomic E-state index is 0.000000000000000222. The summed E-state index contributed by atoms with van der Waals surface area (Å²) in [7, 11) is 5.02. The molecule has 0 radical (unpaired) electrons. The number of H-pyrrole nitrogens is 3. The number of benzene rings is 1. The number of hydrogen-bond donors (Lipinski definition) is 7. The molecule has 0 bridgehead atoms. The van der Waals surface area contributed by atoms with Crippen molar-refractivity contribution in [1.82, 2.24) is 19.9 Å². The number of rotatable bonds is 11. The van der Waals surface area contributed by atoms with Gasteiger partial charge in [0.05, 0.1) is 45.3 Å². The average molecular weight is 1110 g/mol. The van der Waals surface area contributed by atoms with E-state index in [0.29, 0.717) is 16.7 Å². The first-order chi connectivity index (χ1) is 33.8. The van der Waals surface area contributed by atoms with Crippen molar-refractivity contribution in [2.24, 2.45) is 23.3 Å². The lowest BCUT2D eigenvalue weighted by Crippen LogP contribution is -2.32. The molecule has 2 heterocycles. The number of carbonyl (C=O) groups is 5. The number of halogens is 1. The van der Waals surface area contributed by atoms with Crippen LogP contribution in [0.15, 0.2) is 39.0 Å². The zero-order valence-corrected chi connectivity index (χ0v) is 45.0. The van der Waals surface area contributed by atoms with Crippen molar-refractivity contribution in [3.8, 4) is 11.8 Å². The molecule has 0 atom stereocenters. The number of hydrogen-bond acceptors (Lipinski definition) is 17. The number of nitrogens with two attached hydrogens (primary N) is 2. The molecule has 23 heteroatoms. The summed E-state index contributed by atoms with van der Waals surface area (Å²) in [5.41, 5.74) is 11.3. The van der Waals surface area contributed by atoms with Crippen LogP contribution < -0.4 is 22.6 Å². The number of thiocarbonyl (C=S) groups is 1. The SMILES string of the molecule is BrC1CCCC1.COC(=O)C(C(=O)OC)C1CCCC1.COC(=O)CC(=O)OC.Cc1ccc(C(=O)CSc2nc(O)c(C3CCCC3)c(=O)[nH]2)cc1.NC(N)=S.O=c1[nH]c(=S)[nH]c(O)c1C1CCCC1. The Morgan fingerprint density at radius 3 is 1.56 bits per heavy atom. The van der Waals surface area contributed by atoms with E-state index in [9.17, 15) is 43.8 Å². The van der Waals surface area contributed by atoms with Crippen molar-refractivity contribution in [2.75, 3.05) is 34.2 Å². The summed E-state index contributed by atoms with van der Waals surface area (Å²) in [4.78, 5) is 91.9. The largest absolute Gasteiger partial charge is 0.494 e. The van der Waals surface area contributed by atoms with E-state index in [1.165, 1.54) is 54.1 Å². The quantitative estimate of drug-likeness (QED) is 0.0142. The molecule has 9 N–H and O–H groups in total. The number of aromatic nitrogens is 4. The zero-order valence-electron chi connectivity index (χ0n) is 41.0. The van der Waals surface area contributed by atoms with Gasteiger partial charge in [0.1, 0.15) is 6.42 Å². The van der Waals surface area contributed by atoms with Crippen LogP contribution >= 0.6 is 52.1 Å². The number of ether oxygens (including phenoxy) is 4. The summed E-state index contributed by atoms with van der Waals surface area (Å²) < 4.78 is 17.8. The molecule has 3 aromatic rings.